The molecule has 0 spiro atoms. The van der Waals surface area contributed by atoms with Crippen LogP contribution in [-0.4, -0.2) is 26.2 Å². The maximum Gasteiger partial charge on any atom is 0.387 e. The molecule has 1 aromatic carbocycles. The van der Waals surface area contributed by atoms with Gasteiger partial charge >= 0.3 is 6.61 Å². The fraction of sp³-hybridized carbons (Fsp3) is 0.0833. The van der Waals surface area contributed by atoms with Crippen molar-refractivity contribution in [1.82, 2.24) is 19.6 Å². The van der Waals surface area contributed by atoms with Gasteiger partial charge in [0.25, 0.3) is 0 Å². The van der Waals surface area contributed by atoms with E-state index in [0.29, 0.717) is 22.2 Å². The van der Waals surface area contributed by atoms with Crippen LogP contribution in [0.5, 0.6) is 5.75 Å². The maximum atomic E-state index is 12.2. The summed E-state index contributed by atoms with van der Waals surface area (Å²) in [4.78, 5) is 3.90. The predicted octanol–water partition coefficient (Wildman–Crippen LogP) is 3.05. The lowest BCUT2D eigenvalue weighted by Crippen LogP contribution is -2.02. The first-order valence-corrected chi connectivity index (χ1v) is 5.93. The number of rotatable bonds is 3. The van der Waals surface area contributed by atoms with E-state index >= 15 is 0 Å². The smallest absolute Gasteiger partial charge is 0.387 e. The third-order valence-corrected chi connectivity index (χ3v) is 2.86. The molecular formula is C12H7ClF2N4O. The third kappa shape index (κ3) is 2.27. The molecule has 2 heterocycles. The van der Waals surface area contributed by atoms with Crippen LogP contribution in [0.25, 0.3) is 17.0 Å². The summed E-state index contributed by atoms with van der Waals surface area (Å²) >= 11 is 6.05. The second-order valence-electron chi connectivity index (χ2n) is 3.85. The van der Waals surface area contributed by atoms with Gasteiger partial charge in [0.15, 0.2) is 11.5 Å². The van der Waals surface area contributed by atoms with Crippen molar-refractivity contribution in [3.63, 3.8) is 0 Å². The lowest BCUT2D eigenvalue weighted by atomic mass is 10.2. The average molecular weight is 297 g/mol. The Balaban J connectivity index is 2.11. The maximum absolute atomic E-state index is 12.2. The van der Waals surface area contributed by atoms with Crippen molar-refractivity contribution in [2.24, 2.45) is 0 Å². The number of fused-ring (bicyclic) bond motifs is 1. The van der Waals surface area contributed by atoms with E-state index in [-0.39, 0.29) is 5.75 Å². The second-order valence-corrected chi connectivity index (χ2v) is 4.24. The SMILES string of the molecule is FC(F)Oc1cccc(-c2nnc3cncc(Cl)n23)c1. The van der Waals surface area contributed by atoms with E-state index in [1.807, 2.05) is 0 Å². The molecule has 102 valence electrons. The Morgan fingerprint density at radius 3 is 2.85 bits per heavy atom. The standard InChI is InChI=1S/C12H7ClF2N4O/c13-9-5-16-6-10-17-18-11(19(9)10)7-2-1-3-8(4-7)20-12(14)15/h1-6,12H. The molecule has 3 aromatic rings. The molecule has 8 heteroatoms. The molecule has 0 unspecified atom stereocenters. The average Bonchev–Trinajstić information content (AvgIpc) is 2.83. The lowest BCUT2D eigenvalue weighted by molar-refractivity contribution is -0.0498. The number of ether oxygens (including phenoxy) is 1. The van der Waals surface area contributed by atoms with Gasteiger partial charge in [-0.2, -0.15) is 8.78 Å². The summed E-state index contributed by atoms with van der Waals surface area (Å²) in [5.41, 5.74) is 1.02. The van der Waals surface area contributed by atoms with Gasteiger partial charge in [0.1, 0.15) is 10.9 Å². The normalized spacial score (nSPS) is 11.2. The number of nitrogens with zero attached hydrogens (tertiary/aromatic N) is 4. The molecule has 20 heavy (non-hydrogen) atoms. The zero-order valence-electron chi connectivity index (χ0n) is 9.87. The highest BCUT2D eigenvalue weighted by atomic mass is 35.5. The van der Waals surface area contributed by atoms with Gasteiger partial charge in [-0.1, -0.05) is 23.7 Å². The number of aromatic nitrogens is 4. The quantitative estimate of drug-likeness (QED) is 0.745. The molecule has 0 bridgehead atoms. The second kappa shape index (κ2) is 5.01. The number of halogens is 3. The molecular weight excluding hydrogens is 290 g/mol. The Labute approximate surface area is 116 Å². The molecule has 5 nitrogen and oxygen atoms in total. The van der Waals surface area contributed by atoms with Crippen LogP contribution < -0.4 is 4.74 Å². The Bertz CT molecular complexity index is 762. The van der Waals surface area contributed by atoms with Crippen molar-refractivity contribution in [2.45, 2.75) is 6.61 Å². The molecule has 0 atom stereocenters. The molecule has 0 aliphatic heterocycles. The van der Waals surface area contributed by atoms with E-state index in [1.165, 1.54) is 24.5 Å². The largest absolute Gasteiger partial charge is 0.435 e. The fourth-order valence-electron chi connectivity index (χ4n) is 1.81. The molecule has 0 radical (unpaired) electrons. The molecule has 0 aliphatic rings. The van der Waals surface area contributed by atoms with E-state index in [1.54, 1.807) is 16.5 Å². The monoisotopic (exact) mass is 296 g/mol. The molecule has 0 saturated carbocycles. The number of alkyl halides is 2. The summed E-state index contributed by atoms with van der Waals surface area (Å²) in [7, 11) is 0. The van der Waals surface area contributed by atoms with Gasteiger partial charge in [-0.3, -0.25) is 9.38 Å². The van der Waals surface area contributed by atoms with E-state index in [4.69, 9.17) is 11.6 Å². The van der Waals surface area contributed by atoms with E-state index in [0.717, 1.165) is 0 Å². The molecule has 0 aliphatic carbocycles. The Morgan fingerprint density at radius 2 is 2.05 bits per heavy atom. The van der Waals surface area contributed by atoms with E-state index in [9.17, 15) is 8.78 Å². The van der Waals surface area contributed by atoms with E-state index in [2.05, 4.69) is 19.9 Å². The van der Waals surface area contributed by atoms with Crippen molar-refractivity contribution < 1.29 is 13.5 Å². The van der Waals surface area contributed by atoms with Crippen LogP contribution in [0.15, 0.2) is 36.7 Å². The summed E-state index contributed by atoms with van der Waals surface area (Å²) in [5.74, 6) is 0.464. The highest BCUT2D eigenvalue weighted by molar-refractivity contribution is 6.29. The summed E-state index contributed by atoms with van der Waals surface area (Å²) in [6, 6.07) is 6.16. The molecule has 0 fully saturated rings. The Kier molecular flexibility index (Phi) is 3.19. The van der Waals surface area contributed by atoms with Gasteiger partial charge in [-0.25, -0.2) is 0 Å². The van der Waals surface area contributed by atoms with Gasteiger partial charge in [0.2, 0.25) is 0 Å². The van der Waals surface area contributed by atoms with Gasteiger partial charge in [-0.05, 0) is 12.1 Å². The van der Waals surface area contributed by atoms with Gasteiger partial charge in [-0.15, -0.1) is 10.2 Å². The topological polar surface area (TPSA) is 52.3 Å². The highest BCUT2D eigenvalue weighted by Gasteiger charge is 2.12. The van der Waals surface area contributed by atoms with Crippen LogP contribution in [0.1, 0.15) is 0 Å². The summed E-state index contributed by atoms with van der Waals surface area (Å²) < 4.78 is 30.4. The van der Waals surface area contributed by atoms with Crippen molar-refractivity contribution in [3.8, 4) is 17.1 Å². The number of hydrogen-bond donors (Lipinski definition) is 0. The zero-order chi connectivity index (χ0) is 14.1. The van der Waals surface area contributed by atoms with Gasteiger partial charge < -0.3 is 4.74 Å². The predicted molar refractivity (Wildman–Crippen MR) is 67.9 cm³/mol. The van der Waals surface area contributed by atoms with Crippen molar-refractivity contribution >= 4 is 17.2 Å². The van der Waals surface area contributed by atoms with Crippen molar-refractivity contribution in [3.05, 3.63) is 41.8 Å². The first kappa shape index (κ1) is 12.7. The van der Waals surface area contributed by atoms with Crippen molar-refractivity contribution in [1.29, 1.82) is 0 Å². The fourth-order valence-corrected chi connectivity index (χ4v) is 2.04. The minimum Gasteiger partial charge on any atom is -0.435 e. The van der Waals surface area contributed by atoms with Crippen LogP contribution in [0.4, 0.5) is 8.78 Å². The molecule has 2 aromatic heterocycles. The first-order valence-electron chi connectivity index (χ1n) is 5.55. The van der Waals surface area contributed by atoms with Crippen LogP contribution in [0.2, 0.25) is 5.15 Å². The van der Waals surface area contributed by atoms with Crippen LogP contribution in [0, 0.1) is 0 Å². The zero-order valence-corrected chi connectivity index (χ0v) is 10.6. The van der Waals surface area contributed by atoms with Gasteiger partial charge in [0, 0.05) is 5.56 Å². The van der Waals surface area contributed by atoms with E-state index < -0.39 is 6.61 Å². The van der Waals surface area contributed by atoms with Crippen LogP contribution in [-0.2, 0) is 0 Å². The lowest BCUT2D eigenvalue weighted by Gasteiger charge is -2.06. The first-order chi connectivity index (χ1) is 9.65. The molecule has 0 amide bonds. The third-order valence-electron chi connectivity index (χ3n) is 2.59. The highest BCUT2D eigenvalue weighted by Crippen LogP contribution is 2.25. The Morgan fingerprint density at radius 1 is 1.20 bits per heavy atom. The van der Waals surface area contributed by atoms with Crippen LogP contribution >= 0.6 is 11.6 Å². The van der Waals surface area contributed by atoms with Gasteiger partial charge in [0.05, 0.1) is 12.4 Å². The summed E-state index contributed by atoms with van der Waals surface area (Å²) in [6.07, 6.45) is 2.95. The number of benzene rings is 1. The summed E-state index contributed by atoms with van der Waals surface area (Å²) in [6.45, 7) is -2.88. The number of hydrogen-bond acceptors (Lipinski definition) is 4. The molecule has 3 rings (SSSR count). The molecule has 0 saturated heterocycles. The minimum absolute atomic E-state index is 0.0411. The summed E-state index contributed by atoms with van der Waals surface area (Å²) in [5, 5.41) is 8.24. The van der Waals surface area contributed by atoms with Crippen LogP contribution in [0.3, 0.4) is 0 Å². The Hall–Kier alpha value is -2.28. The molecule has 0 N–H and O–H groups in total. The van der Waals surface area contributed by atoms with Crippen molar-refractivity contribution in [2.75, 3.05) is 0 Å². The minimum atomic E-state index is -2.88.